The Morgan fingerprint density at radius 1 is 1.19 bits per heavy atom. The number of rotatable bonds is 5. The maximum atomic E-state index is 12.7. The molecule has 0 bridgehead atoms. The number of H-pyrrole nitrogens is 2. The SMILES string of the molecule is COC(=O)[C@H](Cc1cnc[nH]1)NC(=O)c1cc2c(cn1)[nH]c1ccccc12. The highest BCUT2D eigenvalue weighted by atomic mass is 16.5. The van der Waals surface area contributed by atoms with Crippen molar-refractivity contribution in [2.75, 3.05) is 7.11 Å². The molecule has 1 amide bonds. The van der Waals surface area contributed by atoms with Crippen molar-refractivity contribution in [1.29, 1.82) is 0 Å². The van der Waals surface area contributed by atoms with Crippen LogP contribution < -0.4 is 5.32 Å². The molecule has 1 aromatic carbocycles. The Kier molecular flexibility index (Phi) is 4.29. The van der Waals surface area contributed by atoms with E-state index in [-0.39, 0.29) is 12.1 Å². The number of amides is 1. The van der Waals surface area contributed by atoms with Crippen molar-refractivity contribution in [3.8, 4) is 0 Å². The van der Waals surface area contributed by atoms with Gasteiger partial charge in [-0.25, -0.2) is 14.8 Å². The minimum absolute atomic E-state index is 0.228. The quantitative estimate of drug-likeness (QED) is 0.469. The Hall–Kier alpha value is -3.68. The van der Waals surface area contributed by atoms with Gasteiger partial charge in [0.2, 0.25) is 0 Å². The number of para-hydroxylation sites is 1. The van der Waals surface area contributed by atoms with Crippen molar-refractivity contribution in [3.63, 3.8) is 0 Å². The van der Waals surface area contributed by atoms with Crippen LogP contribution in [-0.2, 0) is 16.0 Å². The number of ether oxygens (including phenoxy) is 1. The largest absolute Gasteiger partial charge is 0.467 e. The van der Waals surface area contributed by atoms with Crippen LogP contribution in [0, 0.1) is 0 Å². The Bertz CT molecular complexity index is 1120. The van der Waals surface area contributed by atoms with Gasteiger partial charge in [-0.1, -0.05) is 18.2 Å². The predicted octanol–water partition coefficient (Wildman–Crippen LogP) is 1.95. The first kappa shape index (κ1) is 16.8. The van der Waals surface area contributed by atoms with Gasteiger partial charge in [-0.2, -0.15) is 0 Å². The Balaban J connectivity index is 1.62. The number of benzene rings is 1. The molecule has 3 N–H and O–H groups in total. The minimum Gasteiger partial charge on any atom is -0.467 e. The highest BCUT2D eigenvalue weighted by Crippen LogP contribution is 2.25. The van der Waals surface area contributed by atoms with E-state index in [0.717, 1.165) is 21.8 Å². The van der Waals surface area contributed by atoms with E-state index in [1.54, 1.807) is 18.5 Å². The van der Waals surface area contributed by atoms with Gasteiger partial charge in [-0.05, 0) is 12.1 Å². The number of methoxy groups -OCH3 is 1. The van der Waals surface area contributed by atoms with Crippen LogP contribution in [0.5, 0.6) is 0 Å². The number of aromatic amines is 2. The minimum atomic E-state index is -0.844. The molecule has 0 fully saturated rings. The lowest BCUT2D eigenvalue weighted by Gasteiger charge is -2.15. The number of hydrogen-bond donors (Lipinski definition) is 3. The van der Waals surface area contributed by atoms with Gasteiger partial charge in [0, 0.05) is 34.6 Å². The maximum absolute atomic E-state index is 12.7. The van der Waals surface area contributed by atoms with Crippen molar-refractivity contribution in [2.45, 2.75) is 12.5 Å². The van der Waals surface area contributed by atoms with Crippen LogP contribution in [0.15, 0.2) is 49.1 Å². The Morgan fingerprint density at radius 3 is 2.81 bits per heavy atom. The Labute approximate surface area is 154 Å². The molecule has 8 nitrogen and oxygen atoms in total. The van der Waals surface area contributed by atoms with E-state index < -0.39 is 17.9 Å². The summed E-state index contributed by atoms with van der Waals surface area (Å²) >= 11 is 0. The van der Waals surface area contributed by atoms with E-state index in [1.165, 1.54) is 13.4 Å². The molecule has 3 heterocycles. The van der Waals surface area contributed by atoms with Gasteiger partial charge in [0.15, 0.2) is 0 Å². The molecule has 0 aliphatic heterocycles. The molecule has 4 aromatic rings. The number of carbonyl (C=O) groups excluding carboxylic acids is 2. The van der Waals surface area contributed by atoms with Crippen molar-refractivity contribution in [3.05, 3.63) is 60.4 Å². The standard InChI is InChI=1S/C19H17N5O3/c1-27-19(26)16(6-11-8-20-10-22-11)24-18(25)15-7-13-12-4-2-3-5-14(12)23-17(13)9-21-15/h2-5,7-10,16,23H,6H2,1H3,(H,20,22)(H,24,25)/t16-/m0/s1. The number of imidazole rings is 1. The lowest BCUT2D eigenvalue weighted by Crippen LogP contribution is -2.43. The number of fused-ring (bicyclic) bond motifs is 3. The van der Waals surface area contributed by atoms with Crippen molar-refractivity contribution in [2.24, 2.45) is 0 Å². The van der Waals surface area contributed by atoms with Crippen LogP contribution in [0.25, 0.3) is 21.8 Å². The number of esters is 1. The molecule has 27 heavy (non-hydrogen) atoms. The van der Waals surface area contributed by atoms with Gasteiger partial charge < -0.3 is 20.0 Å². The fourth-order valence-electron chi connectivity index (χ4n) is 3.06. The average molecular weight is 363 g/mol. The van der Waals surface area contributed by atoms with Gasteiger partial charge in [0.25, 0.3) is 5.91 Å². The summed E-state index contributed by atoms with van der Waals surface area (Å²) in [6.45, 7) is 0. The molecule has 0 spiro atoms. The van der Waals surface area contributed by atoms with Gasteiger partial charge in [0.05, 0.1) is 25.2 Å². The molecule has 0 aliphatic carbocycles. The highest BCUT2D eigenvalue weighted by molar-refractivity contribution is 6.09. The van der Waals surface area contributed by atoms with Crippen molar-refractivity contribution in [1.82, 2.24) is 25.3 Å². The second-order valence-electron chi connectivity index (χ2n) is 6.12. The molecule has 0 saturated heterocycles. The molecule has 3 aromatic heterocycles. The summed E-state index contributed by atoms with van der Waals surface area (Å²) in [5.41, 5.74) is 2.75. The summed E-state index contributed by atoms with van der Waals surface area (Å²) in [4.78, 5) is 39.1. The normalized spacial score (nSPS) is 12.2. The summed E-state index contributed by atoms with van der Waals surface area (Å²) in [7, 11) is 1.28. The van der Waals surface area contributed by atoms with Crippen LogP contribution in [-0.4, -0.2) is 45.0 Å². The lowest BCUT2D eigenvalue weighted by atomic mass is 10.1. The smallest absolute Gasteiger partial charge is 0.328 e. The summed E-state index contributed by atoms with van der Waals surface area (Å²) in [6, 6.07) is 8.69. The van der Waals surface area contributed by atoms with Gasteiger partial charge >= 0.3 is 5.97 Å². The second kappa shape index (κ2) is 6.91. The van der Waals surface area contributed by atoms with E-state index >= 15 is 0 Å². The average Bonchev–Trinajstić information content (AvgIpc) is 3.33. The topological polar surface area (TPSA) is 113 Å². The van der Waals surface area contributed by atoms with E-state index in [0.29, 0.717) is 5.69 Å². The van der Waals surface area contributed by atoms with E-state index in [9.17, 15) is 9.59 Å². The fraction of sp³-hybridized carbons (Fsp3) is 0.158. The number of pyridine rings is 1. The van der Waals surface area contributed by atoms with E-state index in [4.69, 9.17) is 4.74 Å². The zero-order valence-corrected chi connectivity index (χ0v) is 14.5. The number of aromatic nitrogens is 4. The molecule has 0 radical (unpaired) electrons. The van der Waals surface area contributed by atoms with Crippen LogP contribution in [0.3, 0.4) is 0 Å². The first-order chi connectivity index (χ1) is 13.2. The van der Waals surface area contributed by atoms with Gasteiger partial charge in [-0.15, -0.1) is 0 Å². The molecule has 0 saturated carbocycles. The molecule has 8 heteroatoms. The van der Waals surface area contributed by atoms with E-state index in [2.05, 4.69) is 25.3 Å². The summed E-state index contributed by atoms with van der Waals surface area (Å²) in [5.74, 6) is -0.983. The summed E-state index contributed by atoms with van der Waals surface area (Å²) in [5, 5.41) is 4.60. The number of nitrogens with zero attached hydrogens (tertiary/aromatic N) is 2. The third-order valence-electron chi connectivity index (χ3n) is 4.39. The molecule has 0 aliphatic rings. The molecule has 4 rings (SSSR count). The summed E-state index contributed by atoms with van der Waals surface area (Å²) < 4.78 is 4.80. The second-order valence-corrected chi connectivity index (χ2v) is 6.12. The fourth-order valence-corrected chi connectivity index (χ4v) is 3.06. The zero-order valence-electron chi connectivity index (χ0n) is 14.5. The van der Waals surface area contributed by atoms with Gasteiger partial charge in [-0.3, -0.25) is 4.79 Å². The highest BCUT2D eigenvalue weighted by Gasteiger charge is 2.24. The monoisotopic (exact) mass is 363 g/mol. The molecule has 136 valence electrons. The predicted molar refractivity (Wildman–Crippen MR) is 99.2 cm³/mol. The summed E-state index contributed by atoms with van der Waals surface area (Å²) in [6.07, 6.45) is 4.97. The maximum Gasteiger partial charge on any atom is 0.328 e. The number of hydrogen-bond acceptors (Lipinski definition) is 5. The number of carbonyl (C=O) groups is 2. The lowest BCUT2D eigenvalue weighted by molar-refractivity contribution is -0.142. The van der Waals surface area contributed by atoms with E-state index in [1.807, 2.05) is 24.3 Å². The van der Waals surface area contributed by atoms with Crippen LogP contribution in [0.2, 0.25) is 0 Å². The molecular formula is C19H17N5O3. The zero-order chi connectivity index (χ0) is 18.8. The third-order valence-corrected chi connectivity index (χ3v) is 4.39. The van der Waals surface area contributed by atoms with Crippen molar-refractivity contribution >= 4 is 33.7 Å². The van der Waals surface area contributed by atoms with Crippen LogP contribution in [0.1, 0.15) is 16.2 Å². The van der Waals surface area contributed by atoms with Crippen LogP contribution >= 0.6 is 0 Å². The first-order valence-corrected chi connectivity index (χ1v) is 8.38. The molecule has 0 unspecified atom stereocenters. The molecule has 1 atom stereocenters. The van der Waals surface area contributed by atoms with Gasteiger partial charge in [0.1, 0.15) is 11.7 Å². The van der Waals surface area contributed by atoms with Crippen LogP contribution in [0.4, 0.5) is 0 Å². The number of nitrogens with one attached hydrogen (secondary N) is 3. The third kappa shape index (κ3) is 3.24. The first-order valence-electron chi connectivity index (χ1n) is 8.38. The Morgan fingerprint density at radius 2 is 2.04 bits per heavy atom. The molecular weight excluding hydrogens is 346 g/mol. The van der Waals surface area contributed by atoms with Crippen molar-refractivity contribution < 1.29 is 14.3 Å².